The number of aliphatic hydroxyl groups is 1. The third-order valence-electron chi connectivity index (χ3n) is 6.29. The van der Waals surface area contributed by atoms with Crippen LogP contribution in [0.2, 0.25) is 0 Å². The van der Waals surface area contributed by atoms with E-state index in [2.05, 4.69) is 4.98 Å². The number of ketones is 1. The topological polar surface area (TPSA) is 76.6 Å². The van der Waals surface area contributed by atoms with E-state index >= 15 is 0 Å². The van der Waals surface area contributed by atoms with Crippen molar-refractivity contribution >= 4 is 39.1 Å². The van der Waals surface area contributed by atoms with Crippen molar-refractivity contribution in [1.29, 1.82) is 0 Å². The van der Waals surface area contributed by atoms with Crippen LogP contribution in [0.5, 0.6) is 0 Å². The molecule has 1 aromatic heterocycles. The summed E-state index contributed by atoms with van der Waals surface area (Å²) >= 11 is 0. The number of aromatic nitrogens is 1. The minimum absolute atomic E-state index is 0.125. The van der Waals surface area contributed by atoms with Gasteiger partial charge in [-0.2, -0.15) is 0 Å². The van der Waals surface area contributed by atoms with Crippen LogP contribution in [0.25, 0.3) is 27.4 Å². The third-order valence-corrected chi connectivity index (χ3v) is 6.29. The maximum absolute atomic E-state index is 13.3. The van der Waals surface area contributed by atoms with Crippen molar-refractivity contribution in [2.75, 3.05) is 27.2 Å². The molecule has 166 valence electrons. The molecule has 0 spiro atoms. The van der Waals surface area contributed by atoms with Gasteiger partial charge in [0.1, 0.15) is 5.76 Å². The summed E-state index contributed by atoms with van der Waals surface area (Å²) in [6.07, 6.45) is 1.69. The van der Waals surface area contributed by atoms with Gasteiger partial charge in [-0.1, -0.05) is 60.7 Å². The molecule has 0 bridgehead atoms. The molecule has 4 aromatic rings. The predicted octanol–water partition coefficient (Wildman–Crippen LogP) is 4.30. The zero-order valence-electron chi connectivity index (χ0n) is 18.6. The van der Waals surface area contributed by atoms with Crippen LogP contribution in [0.3, 0.4) is 0 Å². The monoisotopic (exact) mass is 439 g/mol. The second-order valence-corrected chi connectivity index (χ2v) is 8.61. The molecular weight excluding hydrogens is 414 g/mol. The second-order valence-electron chi connectivity index (χ2n) is 8.61. The molecule has 1 atom stereocenters. The highest BCUT2D eigenvalue weighted by atomic mass is 16.3. The lowest BCUT2D eigenvalue weighted by atomic mass is 9.91. The molecule has 1 aliphatic rings. The normalized spacial score (nSPS) is 18.2. The molecule has 0 saturated carbocycles. The molecule has 0 aliphatic carbocycles. The Kier molecular flexibility index (Phi) is 5.23. The van der Waals surface area contributed by atoms with Crippen molar-refractivity contribution in [2.45, 2.75) is 6.04 Å². The van der Waals surface area contributed by atoms with Gasteiger partial charge in [0, 0.05) is 35.8 Å². The number of fused-ring (bicyclic) bond motifs is 2. The van der Waals surface area contributed by atoms with Crippen molar-refractivity contribution in [3.8, 4) is 0 Å². The van der Waals surface area contributed by atoms with Crippen molar-refractivity contribution in [2.24, 2.45) is 0 Å². The number of rotatable bonds is 5. The highest BCUT2D eigenvalue weighted by Crippen LogP contribution is 2.42. The summed E-state index contributed by atoms with van der Waals surface area (Å²) in [7, 11) is 3.85. The van der Waals surface area contributed by atoms with Crippen LogP contribution in [0, 0.1) is 0 Å². The number of hydrogen-bond acceptors (Lipinski definition) is 4. The molecular formula is C27H25N3O3. The average Bonchev–Trinajstić information content (AvgIpc) is 3.36. The number of para-hydroxylation sites is 1. The van der Waals surface area contributed by atoms with E-state index in [1.807, 2.05) is 85.7 Å². The molecule has 1 unspecified atom stereocenters. The number of H-pyrrole nitrogens is 1. The van der Waals surface area contributed by atoms with Gasteiger partial charge < -0.3 is 19.9 Å². The van der Waals surface area contributed by atoms with Crippen LogP contribution in [0.4, 0.5) is 0 Å². The van der Waals surface area contributed by atoms with Crippen LogP contribution in [-0.4, -0.2) is 58.8 Å². The average molecular weight is 440 g/mol. The maximum Gasteiger partial charge on any atom is 0.295 e. The molecule has 0 radical (unpaired) electrons. The van der Waals surface area contributed by atoms with Crippen LogP contribution in [0.1, 0.15) is 17.2 Å². The Labute approximate surface area is 191 Å². The Bertz CT molecular complexity index is 1410. The third kappa shape index (κ3) is 3.49. The molecule has 6 nitrogen and oxygen atoms in total. The smallest absolute Gasteiger partial charge is 0.295 e. The molecule has 2 N–H and O–H groups in total. The minimum Gasteiger partial charge on any atom is -0.507 e. The highest BCUT2D eigenvalue weighted by Gasteiger charge is 2.46. The second kappa shape index (κ2) is 8.22. The number of benzene rings is 3. The fraction of sp³-hybridized carbons (Fsp3) is 0.185. The van der Waals surface area contributed by atoms with Gasteiger partial charge in [0.25, 0.3) is 11.7 Å². The van der Waals surface area contributed by atoms with Crippen LogP contribution >= 0.6 is 0 Å². The number of carbonyl (C=O) groups is 2. The summed E-state index contributed by atoms with van der Waals surface area (Å²) in [4.78, 5) is 33.2. The molecule has 5 rings (SSSR count). The number of Topliss-reactive ketones (excluding diaryl/α,β-unsaturated/α-hetero) is 1. The minimum atomic E-state index is -0.676. The number of amides is 1. The molecule has 33 heavy (non-hydrogen) atoms. The summed E-state index contributed by atoms with van der Waals surface area (Å²) in [6, 6.07) is 20.7. The predicted molar refractivity (Wildman–Crippen MR) is 130 cm³/mol. The standard InChI is InChI=1S/C27H25N3O3/c1-29(2)14-15-30-24(20-12-7-9-17-8-3-4-10-18(17)20)23(26(32)27(30)33)25(31)21-16-28-22-13-6-5-11-19(21)22/h3-13,16,24,28,31H,14-15H2,1-2H3/b25-23+. The number of likely N-dealkylation sites (tertiary alicyclic amines) is 1. The van der Waals surface area contributed by atoms with E-state index in [1.165, 1.54) is 0 Å². The summed E-state index contributed by atoms with van der Waals surface area (Å²) in [5.41, 5.74) is 2.32. The van der Waals surface area contributed by atoms with Crippen LogP contribution < -0.4 is 0 Å². The number of nitrogens with one attached hydrogen (secondary N) is 1. The Hall–Kier alpha value is -3.90. The lowest BCUT2D eigenvalue weighted by Gasteiger charge is -2.27. The van der Waals surface area contributed by atoms with Gasteiger partial charge in [-0.05, 0) is 36.5 Å². The first-order valence-electron chi connectivity index (χ1n) is 10.9. The van der Waals surface area contributed by atoms with E-state index in [1.54, 1.807) is 11.1 Å². The zero-order chi connectivity index (χ0) is 23.1. The lowest BCUT2D eigenvalue weighted by Crippen LogP contribution is -2.35. The quantitative estimate of drug-likeness (QED) is 0.276. The first-order chi connectivity index (χ1) is 16.0. The number of nitrogens with zero attached hydrogens (tertiary/aromatic N) is 2. The summed E-state index contributed by atoms with van der Waals surface area (Å²) < 4.78 is 0. The van der Waals surface area contributed by atoms with Gasteiger partial charge >= 0.3 is 0 Å². The molecule has 1 amide bonds. The summed E-state index contributed by atoms with van der Waals surface area (Å²) in [6.45, 7) is 0.970. The largest absolute Gasteiger partial charge is 0.507 e. The highest BCUT2D eigenvalue weighted by molar-refractivity contribution is 6.46. The van der Waals surface area contributed by atoms with Gasteiger partial charge in [0.15, 0.2) is 0 Å². The van der Waals surface area contributed by atoms with Gasteiger partial charge in [-0.25, -0.2) is 0 Å². The Morgan fingerprint density at radius 2 is 1.67 bits per heavy atom. The first-order valence-corrected chi connectivity index (χ1v) is 10.9. The van der Waals surface area contributed by atoms with Gasteiger partial charge in [0.05, 0.1) is 11.6 Å². The number of carbonyl (C=O) groups excluding carboxylic acids is 2. The number of aliphatic hydroxyl groups excluding tert-OH is 1. The molecule has 6 heteroatoms. The van der Waals surface area contributed by atoms with E-state index in [4.69, 9.17) is 0 Å². The van der Waals surface area contributed by atoms with Crippen molar-refractivity contribution < 1.29 is 14.7 Å². The SMILES string of the molecule is CN(C)CCN1C(=O)C(=O)/C(=C(/O)c2c[nH]c3ccccc23)C1c1cccc2ccccc12. The number of hydrogen-bond donors (Lipinski definition) is 2. The molecule has 1 saturated heterocycles. The number of likely N-dealkylation sites (N-methyl/N-ethyl adjacent to an activating group) is 1. The molecule has 2 heterocycles. The van der Waals surface area contributed by atoms with E-state index < -0.39 is 17.7 Å². The molecule has 1 fully saturated rings. The fourth-order valence-corrected chi connectivity index (χ4v) is 4.64. The van der Waals surface area contributed by atoms with Crippen LogP contribution in [0.15, 0.2) is 78.5 Å². The Morgan fingerprint density at radius 3 is 2.45 bits per heavy atom. The van der Waals surface area contributed by atoms with E-state index in [-0.39, 0.29) is 11.3 Å². The summed E-state index contributed by atoms with van der Waals surface area (Å²) in [5, 5.41) is 14.2. The summed E-state index contributed by atoms with van der Waals surface area (Å²) in [5.74, 6) is -1.40. The van der Waals surface area contributed by atoms with Crippen molar-refractivity contribution in [3.05, 3.63) is 89.6 Å². The van der Waals surface area contributed by atoms with Crippen molar-refractivity contribution in [3.63, 3.8) is 0 Å². The fourth-order valence-electron chi connectivity index (χ4n) is 4.64. The number of aromatic amines is 1. The van der Waals surface area contributed by atoms with Gasteiger partial charge in [0.2, 0.25) is 0 Å². The molecule has 1 aliphatic heterocycles. The first kappa shape index (κ1) is 21.0. The van der Waals surface area contributed by atoms with Gasteiger partial charge in [-0.15, -0.1) is 0 Å². The zero-order valence-corrected chi connectivity index (χ0v) is 18.6. The van der Waals surface area contributed by atoms with Gasteiger partial charge in [-0.3, -0.25) is 9.59 Å². The lowest BCUT2D eigenvalue weighted by molar-refractivity contribution is -0.140. The van der Waals surface area contributed by atoms with E-state index in [9.17, 15) is 14.7 Å². The van der Waals surface area contributed by atoms with E-state index in [0.717, 1.165) is 27.2 Å². The van der Waals surface area contributed by atoms with E-state index in [0.29, 0.717) is 18.7 Å². The Balaban J connectivity index is 1.75. The maximum atomic E-state index is 13.3. The van der Waals surface area contributed by atoms with Crippen molar-refractivity contribution in [1.82, 2.24) is 14.8 Å². The molecule has 3 aromatic carbocycles. The van der Waals surface area contributed by atoms with Crippen LogP contribution in [-0.2, 0) is 9.59 Å². The Morgan fingerprint density at radius 1 is 0.970 bits per heavy atom.